The molecule has 0 radical (unpaired) electrons. The Balaban J connectivity index is 1.68. The van der Waals surface area contributed by atoms with Crippen molar-refractivity contribution in [2.24, 2.45) is 5.92 Å². The monoisotopic (exact) mass is 292 g/mol. The zero-order chi connectivity index (χ0) is 14.8. The van der Waals surface area contributed by atoms with Crippen molar-refractivity contribution in [1.29, 1.82) is 0 Å². The Morgan fingerprint density at radius 3 is 2.90 bits per heavy atom. The molecule has 1 aliphatic heterocycles. The average molecular weight is 292 g/mol. The summed E-state index contributed by atoms with van der Waals surface area (Å²) in [6, 6.07) is 4.61. The van der Waals surface area contributed by atoms with Crippen LogP contribution in [0.15, 0.2) is 22.7 Å². The molecule has 4 nitrogen and oxygen atoms in total. The molecule has 1 aromatic carbocycles. The molecular formula is C16H21FN2O2. The number of aliphatic hydroxyl groups is 1. The van der Waals surface area contributed by atoms with Crippen LogP contribution in [0.5, 0.6) is 0 Å². The van der Waals surface area contributed by atoms with E-state index in [9.17, 15) is 4.39 Å². The van der Waals surface area contributed by atoms with Crippen LogP contribution >= 0.6 is 0 Å². The molecule has 1 aromatic heterocycles. The van der Waals surface area contributed by atoms with Crippen LogP contribution in [0.4, 0.5) is 4.39 Å². The van der Waals surface area contributed by atoms with Gasteiger partial charge in [0, 0.05) is 30.5 Å². The van der Waals surface area contributed by atoms with E-state index in [1.54, 1.807) is 6.07 Å². The number of likely N-dealkylation sites (tertiary alicyclic amines) is 1. The number of fused-ring (bicyclic) bond motifs is 1. The smallest absolute Gasteiger partial charge is 0.170 e. The maximum Gasteiger partial charge on any atom is 0.170 e. The van der Waals surface area contributed by atoms with Gasteiger partial charge in [0.1, 0.15) is 5.82 Å². The number of rotatable bonds is 4. The summed E-state index contributed by atoms with van der Waals surface area (Å²) in [5.74, 6) is 0.396. The minimum atomic E-state index is -0.294. The number of aliphatic hydroxyl groups excluding tert-OH is 1. The summed E-state index contributed by atoms with van der Waals surface area (Å²) in [5, 5.41) is 14.2. The number of hydrogen-bond acceptors (Lipinski definition) is 4. The van der Waals surface area contributed by atoms with Gasteiger partial charge in [-0.2, -0.15) is 0 Å². The van der Waals surface area contributed by atoms with Crippen molar-refractivity contribution in [3.8, 4) is 0 Å². The highest BCUT2D eigenvalue weighted by Crippen LogP contribution is 2.32. The van der Waals surface area contributed by atoms with Crippen molar-refractivity contribution < 1.29 is 14.0 Å². The summed E-state index contributed by atoms with van der Waals surface area (Å²) in [5.41, 5.74) is 1.49. The van der Waals surface area contributed by atoms with Gasteiger partial charge in [0.2, 0.25) is 0 Å². The van der Waals surface area contributed by atoms with E-state index in [4.69, 9.17) is 9.63 Å². The van der Waals surface area contributed by atoms with Gasteiger partial charge in [-0.1, -0.05) is 12.1 Å². The standard InChI is InChI=1S/C16H21FN2O2/c1-11(10-20)9-19-6-4-12(5-7-19)16-14-3-2-13(17)8-15(14)21-18-16/h2-3,8,11-12,20H,4-7,9-10H2,1H3/t11-/m0/s1. The third-order valence-corrected chi connectivity index (χ3v) is 4.32. The van der Waals surface area contributed by atoms with Gasteiger partial charge in [0.15, 0.2) is 5.58 Å². The molecule has 1 aliphatic rings. The second-order valence-corrected chi connectivity index (χ2v) is 6.07. The van der Waals surface area contributed by atoms with E-state index in [1.807, 2.05) is 0 Å². The first-order chi connectivity index (χ1) is 10.2. The molecule has 0 saturated carbocycles. The van der Waals surface area contributed by atoms with Crippen molar-refractivity contribution in [3.05, 3.63) is 29.7 Å². The Morgan fingerprint density at radius 2 is 2.19 bits per heavy atom. The molecule has 5 heteroatoms. The summed E-state index contributed by atoms with van der Waals surface area (Å²) >= 11 is 0. The Kier molecular flexibility index (Phi) is 4.22. The van der Waals surface area contributed by atoms with Crippen molar-refractivity contribution >= 4 is 11.0 Å². The van der Waals surface area contributed by atoms with Crippen LogP contribution in [0.25, 0.3) is 11.0 Å². The molecule has 1 atom stereocenters. The number of benzene rings is 1. The third-order valence-electron chi connectivity index (χ3n) is 4.32. The fourth-order valence-electron chi connectivity index (χ4n) is 3.11. The van der Waals surface area contributed by atoms with Crippen LogP contribution < -0.4 is 0 Å². The Hall–Kier alpha value is -1.46. The van der Waals surface area contributed by atoms with E-state index >= 15 is 0 Å². The highest BCUT2D eigenvalue weighted by Gasteiger charge is 2.25. The van der Waals surface area contributed by atoms with E-state index < -0.39 is 0 Å². The Bertz CT molecular complexity index is 605. The fraction of sp³-hybridized carbons (Fsp3) is 0.562. The number of nitrogens with zero attached hydrogens (tertiary/aromatic N) is 2. The minimum Gasteiger partial charge on any atom is -0.396 e. The summed E-state index contributed by atoms with van der Waals surface area (Å²) in [7, 11) is 0. The zero-order valence-corrected chi connectivity index (χ0v) is 12.3. The van der Waals surface area contributed by atoms with E-state index in [2.05, 4.69) is 17.0 Å². The molecule has 2 aromatic rings. The first-order valence-electron chi connectivity index (χ1n) is 7.55. The molecule has 0 spiro atoms. The highest BCUT2D eigenvalue weighted by atomic mass is 19.1. The van der Waals surface area contributed by atoms with Crippen LogP contribution in [-0.4, -0.2) is 41.4 Å². The van der Waals surface area contributed by atoms with Gasteiger partial charge in [-0.05, 0) is 44.0 Å². The maximum atomic E-state index is 13.2. The molecule has 1 fully saturated rings. The summed E-state index contributed by atoms with van der Waals surface area (Å²) in [6.07, 6.45) is 2.05. The molecule has 2 heterocycles. The Labute approximate surface area is 123 Å². The molecule has 114 valence electrons. The molecule has 0 unspecified atom stereocenters. The maximum absolute atomic E-state index is 13.2. The lowest BCUT2D eigenvalue weighted by Gasteiger charge is -2.32. The van der Waals surface area contributed by atoms with Crippen LogP contribution in [0.2, 0.25) is 0 Å². The second-order valence-electron chi connectivity index (χ2n) is 6.07. The summed E-state index contributed by atoms with van der Waals surface area (Å²) in [4.78, 5) is 2.39. The van der Waals surface area contributed by atoms with Crippen LogP contribution in [0, 0.1) is 11.7 Å². The molecular weight excluding hydrogens is 271 g/mol. The first-order valence-corrected chi connectivity index (χ1v) is 7.55. The lowest BCUT2D eigenvalue weighted by molar-refractivity contribution is 0.147. The largest absolute Gasteiger partial charge is 0.396 e. The number of aromatic nitrogens is 1. The number of halogens is 1. The molecule has 21 heavy (non-hydrogen) atoms. The Morgan fingerprint density at radius 1 is 1.43 bits per heavy atom. The quantitative estimate of drug-likeness (QED) is 0.941. The van der Waals surface area contributed by atoms with Gasteiger partial charge in [0.05, 0.1) is 5.69 Å². The molecule has 1 saturated heterocycles. The molecule has 0 aliphatic carbocycles. The summed E-state index contributed by atoms with van der Waals surface area (Å²) < 4.78 is 18.4. The zero-order valence-electron chi connectivity index (χ0n) is 12.3. The fourth-order valence-corrected chi connectivity index (χ4v) is 3.11. The number of piperidine rings is 1. The van der Waals surface area contributed by atoms with Crippen molar-refractivity contribution in [1.82, 2.24) is 10.1 Å². The predicted octanol–water partition coefficient (Wildman–Crippen LogP) is 2.77. The molecule has 1 N–H and O–H groups in total. The van der Waals surface area contributed by atoms with Crippen LogP contribution in [0.1, 0.15) is 31.4 Å². The topological polar surface area (TPSA) is 49.5 Å². The van der Waals surface area contributed by atoms with Gasteiger partial charge in [-0.25, -0.2) is 4.39 Å². The lowest BCUT2D eigenvalue weighted by atomic mass is 9.91. The SMILES string of the molecule is C[C@H](CO)CN1CCC(c2noc3cc(F)ccc23)CC1. The van der Waals surface area contributed by atoms with E-state index in [-0.39, 0.29) is 12.4 Å². The lowest BCUT2D eigenvalue weighted by Crippen LogP contribution is -2.36. The van der Waals surface area contributed by atoms with Gasteiger partial charge in [-0.15, -0.1) is 0 Å². The normalized spacial score (nSPS) is 19.2. The van der Waals surface area contributed by atoms with Gasteiger partial charge in [0.25, 0.3) is 0 Å². The van der Waals surface area contributed by atoms with Gasteiger partial charge >= 0.3 is 0 Å². The van der Waals surface area contributed by atoms with Crippen LogP contribution in [0.3, 0.4) is 0 Å². The predicted molar refractivity (Wildman–Crippen MR) is 78.6 cm³/mol. The van der Waals surface area contributed by atoms with E-state index in [0.29, 0.717) is 17.4 Å². The van der Waals surface area contributed by atoms with Crippen molar-refractivity contribution in [3.63, 3.8) is 0 Å². The second kappa shape index (κ2) is 6.12. The average Bonchev–Trinajstić information content (AvgIpc) is 2.90. The number of hydrogen-bond donors (Lipinski definition) is 1. The first kappa shape index (κ1) is 14.5. The van der Waals surface area contributed by atoms with E-state index in [0.717, 1.165) is 43.6 Å². The van der Waals surface area contributed by atoms with Crippen molar-refractivity contribution in [2.75, 3.05) is 26.2 Å². The molecule has 0 amide bonds. The van der Waals surface area contributed by atoms with E-state index in [1.165, 1.54) is 12.1 Å². The van der Waals surface area contributed by atoms with Crippen molar-refractivity contribution in [2.45, 2.75) is 25.7 Å². The van der Waals surface area contributed by atoms with Crippen LogP contribution in [-0.2, 0) is 0 Å². The van der Waals surface area contributed by atoms with Gasteiger partial charge in [-0.3, -0.25) is 0 Å². The molecule has 3 rings (SSSR count). The highest BCUT2D eigenvalue weighted by molar-refractivity contribution is 5.79. The summed E-state index contributed by atoms with van der Waals surface area (Å²) in [6.45, 7) is 5.24. The van der Waals surface area contributed by atoms with Gasteiger partial charge < -0.3 is 14.5 Å². The third kappa shape index (κ3) is 3.09. The molecule has 0 bridgehead atoms. The minimum absolute atomic E-state index is 0.236.